The number of hydrogen-bond acceptors (Lipinski definition) is 4. The van der Waals surface area contributed by atoms with Crippen LogP contribution in [0.1, 0.15) is 17.2 Å². The Labute approximate surface area is 186 Å². The van der Waals surface area contributed by atoms with E-state index in [1.807, 2.05) is 0 Å². The molecule has 1 aliphatic heterocycles. The fraction of sp³-hybridized carbons (Fsp3) is 0.0400. The maximum atomic E-state index is 14.7. The fourth-order valence-electron chi connectivity index (χ4n) is 4.18. The van der Waals surface area contributed by atoms with E-state index in [0.717, 1.165) is 17.0 Å². The molecular weight excluding hydrogens is 430 g/mol. The molecule has 1 atom stereocenters. The lowest BCUT2D eigenvalue weighted by Crippen LogP contribution is -2.30. The largest absolute Gasteiger partial charge is 0.508 e. The summed E-state index contributed by atoms with van der Waals surface area (Å²) < 4.78 is 28.2. The van der Waals surface area contributed by atoms with E-state index in [1.54, 1.807) is 24.3 Å². The molecule has 1 aromatic heterocycles. The van der Waals surface area contributed by atoms with Gasteiger partial charge in [-0.15, -0.1) is 0 Å². The van der Waals surface area contributed by atoms with Crippen LogP contribution in [-0.2, 0) is 9.59 Å². The number of aliphatic hydroxyl groups is 1. The van der Waals surface area contributed by atoms with Gasteiger partial charge in [-0.25, -0.2) is 8.78 Å². The topological polar surface area (TPSA) is 93.6 Å². The Morgan fingerprint density at radius 1 is 0.970 bits per heavy atom. The Morgan fingerprint density at radius 3 is 2.52 bits per heavy atom. The standard InChI is InChI=1S/C25H16F2N2O4/c26-14-8-9-20(18(27)11-14)29-22(13-4-3-5-15(30)10-13)21(24(32)25(29)33)23(31)17-12-28-19-7-2-1-6-16(17)19/h1-12,22,28,30-31H/b23-21-. The van der Waals surface area contributed by atoms with Gasteiger partial charge in [-0.2, -0.15) is 0 Å². The van der Waals surface area contributed by atoms with Crippen molar-refractivity contribution in [2.24, 2.45) is 0 Å². The first-order valence-electron chi connectivity index (χ1n) is 9.98. The molecule has 5 rings (SSSR count). The molecular formula is C25H16F2N2O4. The summed E-state index contributed by atoms with van der Waals surface area (Å²) in [5.41, 5.74) is 0.642. The molecule has 2 heterocycles. The van der Waals surface area contributed by atoms with Crippen molar-refractivity contribution in [3.63, 3.8) is 0 Å². The van der Waals surface area contributed by atoms with E-state index in [1.165, 1.54) is 30.5 Å². The first-order chi connectivity index (χ1) is 15.9. The molecule has 0 bridgehead atoms. The monoisotopic (exact) mass is 446 g/mol. The maximum Gasteiger partial charge on any atom is 0.300 e. The predicted octanol–water partition coefficient (Wildman–Crippen LogP) is 4.78. The average molecular weight is 446 g/mol. The summed E-state index contributed by atoms with van der Waals surface area (Å²) >= 11 is 0. The van der Waals surface area contributed by atoms with E-state index in [0.29, 0.717) is 17.0 Å². The lowest BCUT2D eigenvalue weighted by atomic mass is 9.95. The van der Waals surface area contributed by atoms with Crippen LogP contribution in [0.15, 0.2) is 78.5 Å². The number of phenolic OH excluding ortho intramolecular Hbond substituents is 1. The number of aromatic hydroxyl groups is 1. The Hall–Kier alpha value is -4.46. The lowest BCUT2D eigenvalue weighted by Gasteiger charge is -2.25. The number of H-pyrrole nitrogens is 1. The molecule has 1 aliphatic rings. The van der Waals surface area contributed by atoms with Gasteiger partial charge in [-0.1, -0.05) is 30.3 Å². The van der Waals surface area contributed by atoms with Crippen LogP contribution in [0.25, 0.3) is 16.7 Å². The number of ketones is 1. The van der Waals surface area contributed by atoms with Crippen molar-refractivity contribution in [1.82, 2.24) is 4.98 Å². The van der Waals surface area contributed by atoms with E-state index in [2.05, 4.69) is 4.98 Å². The summed E-state index contributed by atoms with van der Waals surface area (Å²) in [4.78, 5) is 30.1. The van der Waals surface area contributed by atoms with Gasteiger partial charge >= 0.3 is 0 Å². The number of carbonyl (C=O) groups is 2. The molecule has 8 heteroatoms. The molecule has 0 saturated carbocycles. The number of anilines is 1. The van der Waals surface area contributed by atoms with Crippen LogP contribution in [0, 0.1) is 11.6 Å². The highest BCUT2D eigenvalue weighted by Gasteiger charge is 2.48. The number of phenols is 1. The average Bonchev–Trinajstić information content (AvgIpc) is 3.33. The smallest absolute Gasteiger partial charge is 0.300 e. The zero-order valence-electron chi connectivity index (χ0n) is 16.9. The number of nitrogens with one attached hydrogen (secondary N) is 1. The summed E-state index contributed by atoms with van der Waals surface area (Å²) in [6, 6.07) is 14.2. The summed E-state index contributed by atoms with van der Waals surface area (Å²) in [5, 5.41) is 21.8. The normalized spacial score (nSPS) is 17.8. The number of aliphatic hydroxyl groups excluding tert-OH is 1. The van der Waals surface area contributed by atoms with Crippen LogP contribution in [0.4, 0.5) is 14.5 Å². The molecule has 1 saturated heterocycles. The summed E-state index contributed by atoms with van der Waals surface area (Å²) in [7, 11) is 0. The Balaban J connectivity index is 1.78. The number of amides is 1. The van der Waals surface area contributed by atoms with Crippen LogP contribution in [0.3, 0.4) is 0 Å². The second-order valence-electron chi connectivity index (χ2n) is 7.61. The highest BCUT2D eigenvalue weighted by molar-refractivity contribution is 6.51. The zero-order valence-corrected chi connectivity index (χ0v) is 16.9. The van der Waals surface area contributed by atoms with Crippen molar-refractivity contribution < 1.29 is 28.6 Å². The third-order valence-electron chi connectivity index (χ3n) is 5.64. The number of hydrogen-bond donors (Lipinski definition) is 3. The SMILES string of the molecule is O=C1C(=O)N(c2ccc(F)cc2F)C(c2cccc(O)c2)/C1=C(/O)c1c[nH]c2ccccc12. The van der Waals surface area contributed by atoms with Crippen molar-refractivity contribution in [2.45, 2.75) is 6.04 Å². The third-order valence-corrected chi connectivity index (χ3v) is 5.64. The third kappa shape index (κ3) is 3.23. The van der Waals surface area contributed by atoms with Crippen LogP contribution in [0.2, 0.25) is 0 Å². The second-order valence-corrected chi connectivity index (χ2v) is 7.61. The number of nitrogens with zero attached hydrogens (tertiary/aromatic N) is 1. The van der Waals surface area contributed by atoms with E-state index >= 15 is 0 Å². The Bertz CT molecular complexity index is 1470. The van der Waals surface area contributed by atoms with Crippen LogP contribution in [-0.4, -0.2) is 26.9 Å². The number of aromatic amines is 1. The van der Waals surface area contributed by atoms with Crippen LogP contribution < -0.4 is 4.90 Å². The Morgan fingerprint density at radius 2 is 1.76 bits per heavy atom. The second kappa shape index (κ2) is 7.59. The molecule has 33 heavy (non-hydrogen) atoms. The van der Waals surface area contributed by atoms with E-state index < -0.39 is 35.1 Å². The van der Waals surface area contributed by atoms with Gasteiger partial charge in [0.25, 0.3) is 11.7 Å². The fourth-order valence-corrected chi connectivity index (χ4v) is 4.18. The van der Waals surface area contributed by atoms with Gasteiger partial charge in [0.2, 0.25) is 0 Å². The van der Waals surface area contributed by atoms with Gasteiger partial charge < -0.3 is 15.2 Å². The molecule has 1 fully saturated rings. The van der Waals surface area contributed by atoms with E-state index in [9.17, 15) is 28.6 Å². The summed E-state index contributed by atoms with van der Waals surface area (Å²) in [6.07, 6.45) is 1.51. The molecule has 0 spiro atoms. The molecule has 1 amide bonds. The predicted molar refractivity (Wildman–Crippen MR) is 118 cm³/mol. The number of aromatic nitrogens is 1. The molecule has 0 radical (unpaired) electrons. The number of halogens is 2. The van der Waals surface area contributed by atoms with Gasteiger partial charge in [0.15, 0.2) is 0 Å². The van der Waals surface area contributed by atoms with Crippen molar-refractivity contribution >= 4 is 34.0 Å². The number of fused-ring (bicyclic) bond motifs is 1. The molecule has 0 aliphatic carbocycles. The summed E-state index contributed by atoms with van der Waals surface area (Å²) in [6.45, 7) is 0. The van der Waals surface area contributed by atoms with Gasteiger partial charge in [0.1, 0.15) is 23.1 Å². The van der Waals surface area contributed by atoms with Gasteiger partial charge in [0.05, 0.1) is 17.3 Å². The molecule has 1 unspecified atom stereocenters. The van der Waals surface area contributed by atoms with Gasteiger partial charge in [-0.3, -0.25) is 14.5 Å². The first-order valence-corrected chi connectivity index (χ1v) is 9.98. The number of carbonyl (C=O) groups excluding carboxylic acids is 2. The quantitative estimate of drug-likeness (QED) is 0.240. The molecule has 3 aromatic carbocycles. The van der Waals surface area contributed by atoms with E-state index in [4.69, 9.17) is 0 Å². The van der Waals surface area contributed by atoms with Crippen LogP contribution >= 0.6 is 0 Å². The highest BCUT2D eigenvalue weighted by atomic mass is 19.1. The molecule has 4 aromatic rings. The number of rotatable bonds is 3. The number of benzene rings is 3. The van der Waals surface area contributed by atoms with Crippen molar-refractivity contribution in [3.8, 4) is 5.75 Å². The van der Waals surface area contributed by atoms with Gasteiger partial charge in [-0.05, 0) is 35.9 Å². The zero-order chi connectivity index (χ0) is 23.3. The van der Waals surface area contributed by atoms with E-state index in [-0.39, 0.29) is 28.1 Å². The van der Waals surface area contributed by atoms with Crippen molar-refractivity contribution in [2.75, 3.05) is 4.90 Å². The highest BCUT2D eigenvalue weighted by Crippen LogP contribution is 2.44. The molecule has 6 nitrogen and oxygen atoms in total. The number of para-hydroxylation sites is 1. The van der Waals surface area contributed by atoms with Crippen molar-refractivity contribution in [1.29, 1.82) is 0 Å². The van der Waals surface area contributed by atoms with Crippen LogP contribution in [0.5, 0.6) is 5.75 Å². The first kappa shape index (κ1) is 20.4. The minimum atomic E-state index is -1.26. The summed E-state index contributed by atoms with van der Waals surface area (Å²) in [5.74, 6) is -4.62. The molecule has 164 valence electrons. The minimum Gasteiger partial charge on any atom is -0.508 e. The maximum absolute atomic E-state index is 14.7. The van der Waals surface area contributed by atoms with Gasteiger partial charge in [0, 0.05) is 28.7 Å². The lowest BCUT2D eigenvalue weighted by molar-refractivity contribution is -0.132. The van der Waals surface area contributed by atoms with Crippen molar-refractivity contribution in [3.05, 3.63) is 101 Å². The number of Topliss-reactive ketones (excluding diaryl/α,β-unsaturated/α-hetero) is 1. The Kier molecular flexibility index (Phi) is 4.70. The minimum absolute atomic E-state index is 0.148. The molecule has 3 N–H and O–H groups in total.